The number of para-hydroxylation sites is 2. The van der Waals surface area contributed by atoms with Gasteiger partial charge in [0.2, 0.25) is 0 Å². The van der Waals surface area contributed by atoms with Crippen molar-refractivity contribution in [2.24, 2.45) is 5.92 Å². The Labute approximate surface area is 167 Å². The number of methoxy groups -OCH3 is 1. The molecule has 1 amide bonds. The highest BCUT2D eigenvalue weighted by Crippen LogP contribution is 2.25. The fourth-order valence-corrected chi connectivity index (χ4v) is 3.74. The van der Waals surface area contributed by atoms with Crippen LogP contribution in [0.1, 0.15) is 25.0 Å². The van der Waals surface area contributed by atoms with Gasteiger partial charge in [-0.1, -0.05) is 50.2 Å². The summed E-state index contributed by atoms with van der Waals surface area (Å²) in [6, 6.07) is 16.3. The first-order chi connectivity index (χ1) is 13.6. The Balaban J connectivity index is 1.53. The molecule has 1 N–H and O–H groups in total. The second kappa shape index (κ2) is 9.60. The van der Waals surface area contributed by atoms with Gasteiger partial charge in [-0.2, -0.15) is 0 Å². The van der Waals surface area contributed by atoms with Crippen LogP contribution in [0.3, 0.4) is 0 Å². The van der Waals surface area contributed by atoms with Crippen molar-refractivity contribution in [3.05, 3.63) is 59.7 Å². The van der Waals surface area contributed by atoms with Gasteiger partial charge in [0.1, 0.15) is 0 Å². The van der Waals surface area contributed by atoms with Crippen molar-refractivity contribution in [1.29, 1.82) is 0 Å². The summed E-state index contributed by atoms with van der Waals surface area (Å²) in [5.74, 6) is 1.53. The van der Waals surface area contributed by atoms with E-state index in [0.717, 1.165) is 19.5 Å². The van der Waals surface area contributed by atoms with Crippen LogP contribution in [0.15, 0.2) is 48.5 Å². The van der Waals surface area contributed by atoms with Crippen LogP contribution < -0.4 is 14.8 Å². The van der Waals surface area contributed by atoms with Crippen LogP contribution in [0, 0.1) is 5.92 Å². The van der Waals surface area contributed by atoms with Gasteiger partial charge >= 0.3 is 0 Å². The predicted molar refractivity (Wildman–Crippen MR) is 111 cm³/mol. The third kappa shape index (κ3) is 5.04. The number of nitrogens with zero attached hydrogens (tertiary/aromatic N) is 1. The van der Waals surface area contributed by atoms with Gasteiger partial charge in [-0.3, -0.25) is 9.69 Å². The van der Waals surface area contributed by atoms with Gasteiger partial charge in [-0.05, 0) is 35.6 Å². The molecule has 0 aliphatic carbocycles. The van der Waals surface area contributed by atoms with Crippen molar-refractivity contribution in [2.45, 2.75) is 32.9 Å². The molecule has 1 unspecified atom stereocenters. The predicted octanol–water partition coefficient (Wildman–Crippen LogP) is 3.27. The van der Waals surface area contributed by atoms with Gasteiger partial charge in [0.15, 0.2) is 18.1 Å². The molecule has 150 valence electrons. The van der Waals surface area contributed by atoms with Crippen molar-refractivity contribution in [1.82, 2.24) is 10.2 Å². The Kier molecular flexibility index (Phi) is 6.93. The van der Waals surface area contributed by atoms with Gasteiger partial charge in [0.05, 0.1) is 7.11 Å². The van der Waals surface area contributed by atoms with Crippen molar-refractivity contribution < 1.29 is 14.3 Å². The molecule has 28 heavy (non-hydrogen) atoms. The Morgan fingerprint density at radius 2 is 1.75 bits per heavy atom. The van der Waals surface area contributed by atoms with Crippen LogP contribution in [-0.2, 0) is 17.8 Å². The highest BCUT2D eigenvalue weighted by molar-refractivity contribution is 5.77. The number of ether oxygens (including phenoxy) is 2. The Morgan fingerprint density at radius 1 is 1.07 bits per heavy atom. The number of carbonyl (C=O) groups is 1. The summed E-state index contributed by atoms with van der Waals surface area (Å²) in [4.78, 5) is 14.8. The lowest BCUT2D eigenvalue weighted by Gasteiger charge is -2.38. The third-order valence-electron chi connectivity index (χ3n) is 5.33. The highest BCUT2D eigenvalue weighted by atomic mass is 16.5. The van der Waals surface area contributed by atoms with Gasteiger partial charge < -0.3 is 14.8 Å². The van der Waals surface area contributed by atoms with Gasteiger partial charge in [-0.25, -0.2) is 0 Å². The summed E-state index contributed by atoms with van der Waals surface area (Å²) in [5.41, 5.74) is 2.83. The number of nitrogens with one attached hydrogen (secondary N) is 1. The summed E-state index contributed by atoms with van der Waals surface area (Å²) < 4.78 is 10.9. The van der Waals surface area contributed by atoms with E-state index in [9.17, 15) is 4.79 Å². The summed E-state index contributed by atoms with van der Waals surface area (Å²) in [6.07, 6.45) is 1.06. The maximum atomic E-state index is 12.3. The van der Waals surface area contributed by atoms with Crippen molar-refractivity contribution in [2.75, 3.05) is 26.8 Å². The van der Waals surface area contributed by atoms with Gasteiger partial charge in [0.25, 0.3) is 5.91 Å². The van der Waals surface area contributed by atoms with E-state index >= 15 is 0 Å². The maximum Gasteiger partial charge on any atom is 0.257 e. The Bertz CT molecular complexity index is 791. The fourth-order valence-electron chi connectivity index (χ4n) is 3.74. The zero-order chi connectivity index (χ0) is 19.9. The molecule has 5 nitrogen and oxygen atoms in total. The van der Waals surface area contributed by atoms with E-state index in [1.807, 2.05) is 18.2 Å². The molecule has 1 heterocycles. The van der Waals surface area contributed by atoms with Gasteiger partial charge in [-0.15, -0.1) is 0 Å². The van der Waals surface area contributed by atoms with Crippen LogP contribution in [0.2, 0.25) is 0 Å². The molecule has 0 saturated carbocycles. The first-order valence-electron chi connectivity index (χ1n) is 9.92. The average Bonchev–Trinajstić information content (AvgIpc) is 2.72. The lowest BCUT2D eigenvalue weighted by Crippen LogP contribution is -2.49. The molecule has 0 bridgehead atoms. The number of hydrogen-bond donors (Lipinski definition) is 1. The molecule has 0 radical (unpaired) electrons. The standard InChI is InChI=1S/C23H30N2O3/c1-17(2)20(25-13-12-18-8-4-5-9-19(18)15-25)14-24-23(26)16-28-22-11-7-6-10-21(22)27-3/h4-11,17,20H,12-16H2,1-3H3,(H,24,26). The smallest absolute Gasteiger partial charge is 0.257 e. The lowest BCUT2D eigenvalue weighted by molar-refractivity contribution is -0.123. The monoisotopic (exact) mass is 382 g/mol. The number of benzene rings is 2. The molecule has 0 fully saturated rings. The quantitative estimate of drug-likeness (QED) is 0.761. The van der Waals surface area contributed by atoms with Crippen LogP contribution in [0.4, 0.5) is 0 Å². The van der Waals surface area contributed by atoms with Gasteiger partial charge in [0, 0.05) is 25.7 Å². The van der Waals surface area contributed by atoms with Crippen LogP contribution in [-0.4, -0.2) is 43.7 Å². The SMILES string of the molecule is COc1ccccc1OCC(=O)NCC(C(C)C)N1CCc2ccccc2C1. The number of fused-ring (bicyclic) bond motifs is 1. The first-order valence-corrected chi connectivity index (χ1v) is 9.92. The molecule has 1 aliphatic rings. The summed E-state index contributed by atoms with van der Waals surface area (Å²) in [5, 5.41) is 3.05. The van der Waals surface area contributed by atoms with Crippen LogP contribution in [0.25, 0.3) is 0 Å². The Morgan fingerprint density at radius 3 is 2.46 bits per heavy atom. The number of carbonyl (C=O) groups excluding carboxylic acids is 1. The minimum Gasteiger partial charge on any atom is -0.493 e. The molecule has 1 aliphatic heterocycles. The molecule has 0 saturated heterocycles. The highest BCUT2D eigenvalue weighted by Gasteiger charge is 2.26. The first kappa shape index (κ1) is 20.2. The number of amides is 1. The van der Waals surface area contributed by atoms with E-state index in [2.05, 4.69) is 48.3 Å². The molecule has 5 heteroatoms. The Hall–Kier alpha value is -2.53. The van der Waals surface area contributed by atoms with Crippen molar-refractivity contribution in [3.63, 3.8) is 0 Å². The molecule has 2 aromatic rings. The second-order valence-electron chi connectivity index (χ2n) is 7.54. The van der Waals surface area contributed by atoms with Crippen LogP contribution >= 0.6 is 0 Å². The van der Waals surface area contributed by atoms with Crippen LogP contribution in [0.5, 0.6) is 11.5 Å². The topological polar surface area (TPSA) is 50.8 Å². The van der Waals surface area contributed by atoms with E-state index in [0.29, 0.717) is 30.0 Å². The summed E-state index contributed by atoms with van der Waals surface area (Å²) in [6.45, 7) is 6.98. The summed E-state index contributed by atoms with van der Waals surface area (Å²) >= 11 is 0. The minimum atomic E-state index is -0.117. The average molecular weight is 383 g/mol. The maximum absolute atomic E-state index is 12.3. The molecule has 1 atom stereocenters. The lowest BCUT2D eigenvalue weighted by atomic mass is 9.95. The van der Waals surface area contributed by atoms with Crippen molar-refractivity contribution >= 4 is 5.91 Å². The number of rotatable bonds is 8. The van der Waals surface area contributed by atoms with E-state index < -0.39 is 0 Å². The van der Waals surface area contributed by atoms with Crippen molar-refractivity contribution in [3.8, 4) is 11.5 Å². The van der Waals surface area contributed by atoms with E-state index in [4.69, 9.17) is 9.47 Å². The zero-order valence-electron chi connectivity index (χ0n) is 17.0. The summed E-state index contributed by atoms with van der Waals surface area (Å²) in [7, 11) is 1.59. The molecule has 2 aromatic carbocycles. The van der Waals surface area contributed by atoms with E-state index in [1.165, 1.54) is 11.1 Å². The molecular weight excluding hydrogens is 352 g/mol. The zero-order valence-corrected chi connectivity index (χ0v) is 17.0. The van der Waals surface area contributed by atoms with E-state index in [1.54, 1.807) is 13.2 Å². The fraction of sp³-hybridized carbons (Fsp3) is 0.435. The largest absolute Gasteiger partial charge is 0.493 e. The molecule has 3 rings (SSSR count). The molecular formula is C23H30N2O3. The third-order valence-corrected chi connectivity index (χ3v) is 5.33. The normalized spacial score (nSPS) is 15.0. The number of hydrogen-bond acceptors (Lipinski definition) is 4. The minimum absolute atomic E-state index is 0.0198. The second-order valence-corrected chi connectivity index (χ2v) is 7.54. The van der Waals surface area contributed by atoms with E-state index in [-0.39, 0.29) is 12.5 Å². The molecule has 0 spiro atoms. The molecule has 0 aromatic heterocycles.